The number of benzene rings is 1. The Morgan fingerprint density at radius 2 is 2.11 bits per heavy atom. The molecular weight excluding hydrogens is 244 g/mol. The van der Waals surface area contributed by atoms with Gasteiger partial charge in [-0.05, 0) is 24.1 Å². The number of hydrogen-bond acceptors (Lipinski definition) is 3. The van der Waals surface area contributed by atoms with Crippen LogP contribution in [-0.4, -0.2) is 11.1 Å². The van der Waals surface area contributed by atoms with Crippen molar-refractivity contribution in [3.05, 3.63) is 66.1 Å². The quantitative estimate of drug-likeness (QED) is 0.808. The van der Waals surface area contributed by atoms with Gasteiger partial charge in [-0.1, -0.05) is 24.3 Å². The second kappa shape index (κ2) is 5.91. The van der Waals surface area contributed by atoms with Crippen molar-refractivity contribution in [1.29, 1.82) is 0 Å². The number of furan rings is 1. The third-order valence-corrected chi connectivity index (χ3v) is 2.66. The van der Waals surface area contributed by atoms with E-state index in [0.29, 0.717) is 12.0 Å². The van der Waals surface area contributed by atoms with E-state index >= 15 is 0 Å². The minimum atomic E-state index is -1.09. The lowest BCUT2D eigenvalue weighted by molar-refractivity contribution is 0.0658. The van der Waals surface area contributed by atoms with E-state index in [1.165, 1.54) is 6.26 Å². The van der Waals surface area contributed by atoms with Gasteiger partial charge in [0.2, 0.25) is 5.76 Å². The number of aromatic carboxylic acids is 1. The van der Waals surface area contributed by atoms with Crippen LogP contribution in [0.3, 0.4) is 0 Å². The van der Waals surface area contributed by atoms with Crippen molar-refractivity contribution in [2.24, 2.45) is 0 Å². The fraction of sp³-hybridized carbons (Fsp3) is 0.133. The Morgan fingerprint density at radius 3 is 2.84 bits per heavy atom. The second-order valence-corrected chi connectivity index (χ2v) is 3.97. The van der Waals surface area contributed by atoms with Crippen molar-refractivity contribution in [3.8, 4) is 5.75 Å². The van der Waals surface area contributed by atoms with Crippen molar-refractivity contribution in [2.75, 3.05) is 0 Å². The maximum Gasteiger partial charge on any atom is 0.372 e. The lowest BCUT2D eigenvalue weighted by Crippen LogP contribution is -2.03. The van der Waals surface area contributed by atoms with Gasteiger partial charge in [0.1, 0.15) is 12.4 Å². The van der Waals surface area contributed by atoms with Crippen LogP contribution in [-0.2, 0) is 13.0 Å². The fourth-order valence-corrected chi connectivity index (χ4v) is 1.76. The van der Waals surface area contributed by atoms with Crippen LogP contribution in [0, 0.1) is 0 Å². The molecule has 1 N–H and O–H groups in total. The van der Waals surface area contributed by atoms with Crippen molar-refractivity contribution in [2.45, 2.75) is 13.0 Å². The molecule has 0 saturated heterocycles. The highest BCUT2D eigenvalue weighted by atomic mass is 16.5. The van der Waals surface area contributed by atoms with Crippen LogP contribution < -0.4 is 4.74 Å². The number of allylic oxidation sites excluding steroid dienone is 1. The summed E-state index contributed by atoms with van der Waals surface area (Å²) in [6, 6.07) is 9.19. The molecule has 1 heterocycles. The number of hydrogen-bond donors (Lipinski definition) is 1. The summed E-state index contributed by atoms with van der Waals surface area (Å²) in [6.45, 7) is 3.86. The van der Waals surface area contributed by atoms with Crippen LogP contribution >= 0.6 is 0 Å². The van der Waals surface area contributed by atoms with Gasteiger partial charge in [0.25, 0.3) is 0 Å². The van der Waals surface area contributed by atoms with Gasteiger partial charge >= 0.3 is 5.97 Å². The van der Waals surface area contributed by atoms with E-state index in [-0.39, 0.29) is 12.4 Å². The van der Waals surface area contributed by atoms with Crippen LogP contribution in [0.15, 0.2) is 53.7 Å². The smallest absolute Gasteiger partial charge is 0.372 e. The predicted molar refractivity (Wildman–Crippen MR) is 70.3 cm³/mol. The zero-order chi connectivity index (χ0) is 13.7. The molecule has 0 saturated carbocycles. The molecule has 0 aliphatic rings. The van der Waals surface area contributed by atoms with Gasteiger partial charge in [0.15, 0.2) is 0 Å². The largest absolute Gasteiger partial charge is 0.488 e. The van der Waals surface area contributed by atoms with Gasteiger partial charge in [-0.15, -0.1) is 6.58 Å². The fourth-order valence-electron chi connectivity index (χ4n) is 1.76. The molecule has 98 valence electrons. The van der Waals surface area contributed by atoms with E-state index in [2.05, 4.69) is 6.58 Å². The molecule has 0 aliphatic heterocycles. The molecule has 0 bridgehead atoms. The molecule has 0 fully saturated rings. The molecule has 1 aromatic heterocycles. The molecule has 2 aromatic rings. The van der Waals surface area contributed by atoms with E-state index < -0.39 is 5.97 Å². The van der Waals surface area contributed by atoms with E-state index in [1.807, 2.05) is 24.3 Å². The van der Waals surface area contributed by atoms with Crippen LogP contribution in [0.25, 0.3) is 0 Å². The van der Waals surface area contributed by atoms with Gasteiger partial charge in [0.05, 0.1) is 6.26 Å². The Bertz CT molecular complexity index is 583. The summed E-state index contributed by atoms with van der Waals surface area (Å²) in [4.78, 5) is 10.9. The predicted octanol–water partition coefficient (Wildman–Crippen LogP) is 3.29. The maximum absolute atomic E-state index is 10.9. The molecule has 0 spiro atoms. The minimum absolute atomic E-state index is 0.0822. The zero-order valence-electron chi connectivity index (χ0n) is 10.3. The Labute approximate surface area is 110 Å². The summed E-state index contributed by atoms with van der Waals surface area (Å²) >= 11 is 0. The lowest BCUT2D eigenvalue weighted by atomic mass is 10.1. The topological polar surface area (TPSA) is 59.7 Å². The summed E-state index contributed by atoms with van der Waals surface area (Å²) in [5, 5.41) is 8.93. The lowest BCUT2D eigenvalue weighted by Gasteiger charge is -2.09. The third kappa shape index (κ3) is 3.04. The van der Waals surface area contributed by atoms with Crippen molar-refractivity contribution >= 4 is 5.97 Å². The molecule has 4 heteroatoms. The van der Waals surface area contributed by atoms with Crippen LogP contribution in [0.1, 0.15) is 21.7 Å². The van der Waals surface area contributed by atoms with Gasteiger partial charge in [-0.3, -0.25) is 0 Å². The number of carbonyl (C=O) groups is 1. The first-order valence-corrected chi connectivity index (χ1v) is 5.83. The average molecular weight is 258 g/mol. The number of para-hydroxylation sites is 1. The molecule has 0 aliphatic carbocycles. The Hall–Kier alpha value is -2.49. The van der Waals surface area contributed by atoms with Gasteiger partial charge in [-0.25, -0.2) is 4.79 Å². The van der Waals surface area contributed by atoms with Crippen molar-refractivity contribution in [3.63, 3.8) is 0 Å². The van der Waals surface area contributed by atoms with E-state index in [0.717, 1.165) is 11.3 Å². The summed E-state index contributed by atoms with van der Waals surface area (Å²) < 4.78 is 10.6. The SMILES string of the molecule is C=CCc1ccccc1OCc1ccoc1C(=O)O. The van der Waals surface area contributed by atoms with E-state index in [1.54, 1.807) is 12.1 Å². The number of carboxylic acids is 1. The molecule has 2 rings (SSSR count). The van der Waals surface area contributed by atoms with E-state index in [9.17, 15) is 4.79 Å². The minimum Gasteiger partial charge on any atom is -0.488 e. The maximum atomic E-state index is 10.9. The summed E-state index contributed by atoms with van der Waals surface area (Å²) in [5.74, 6) is -0.455. The molecule has 4 nitrogen and oxygen atoms in total. The summed E-state index contributed by atoms with van der Waals surface area (Å²) in [5.41, 5.74) is 1.53. The third-order valence-electron chi connectivity index (χ3n) is 2.66. The number of ether oxygens (including phenoxy) is 1. The number of carboxylic acid groups (broad SMARTS) is 1. The molecule has 1 aromatic carbocycles. The first-order valence-electron chi connectivity index (χ1n) is 5.83. The molecule has 19 heavy (non-hydrogen) atoms. The first kappa shape index (κ1) is 13.0. The van der Waals surface area contributed by atoms with Crippen molar-refractivity contribution in [1.82, 2.24) is 0 Å². The highest BCUT2D eigenvalue weighted by Gasteiger charge is 2.14. The molecule has 0 radical (unpaired) electrons. The first-order chi connectivity index (χ1) is 9.22. The highest BCUT2D eigenvalue weighted by Crippen LogP contribution is 2.21. The average Bonchev–Trinajstić information content (AvgIpc) is 2.86. The Kier molecular flexibility index (Phi) is 4.03. The van der Waals surface area contributed by atoms with Gasteiger partial charge in [0, 0.05) is 5.56 Å². The zero-order valence-corrected chi connectivity index (χ0v) is 10.3. The second-order valence-electron chi connectivity index (χ2n) is 3.97. The molecular formula is C15H14O4. The van der Waals surface area contributed by atoms with Crippen LogP contribution in [0.4, 0.5) is 0 Å². The van der Waals surface area contributed by atoms with Gasteiger partial charge < -0.3 is 14.3 Å². The normalized spacial score (nSPS) is 10.1. The number of rotatable bonds is 6. The molecule has 0 unspecified atom stereocenters. The summed E-state index contributed by atoms with van der Waals surface area (Å²) in [6.07, 6.45) is 3.84. The van der Waals surface area contributed by atoms with Crippen LogP contribution in [0.5, 0.6) is 5.75 Å². The monoisotopic (exact) mass is 258 g/mol. The molecule has 0 atom stereocenters. The standard InChI is InChI=1S/C15H14O4/c1-2-5-11-6-3-4-7-13(11)19-10-12-8-9-18-14(12)15(16)17/h2-4,6-9H,1,5,10H2,(H,16,17). The van der Waals surface area contributed by atoms with Crippen molar-refractivity contribution < 1.29 is 19.1 Å². The summed E-state index contributed by atoms with van der Waals surface area (Å²) in [7, 11) is 0. The Balaban J connectivity index is 2.12. The molecule has 0 amide bonds. The highest BCUT2D eigenvalue weighted by molar-refractivity contribution is 5.86. The van der Waals surface area contributed by atoms with Gasteiger partial charge in [-0.2, -0.15) is 0 Å². The Morgan fingerprint density at radius 1 is 1.32 bits per heavy atom. The van der Waals surface area contributed by atoms with Crippen LogP contribution in [0.2, 0.25) is 0 Å². The van der Waals surface area contributed by atoms with E-state index in [4.69, 9.17) is 14.3 Å².